The van der Waals surface area contributed by atoms with Gasteiger partial charge in [-0.25, -0.2) is 0 Å². The molecule has 37 heavy (non-hydrogen) atoms. The Kier molecular flexibility index (Phi) is 7.13. The van der Waals surface area contributed by atoms with Crippen LogP contribution in [0.25, 0.3) is 11.1 Å². The summed E-state index contributed by atoms with van der Waals surface area (Å²) in [7, 11) is 0. The van der Waals surface area contributed by atoms with Gasteiger partial charge in [0.05, 0.1) is 6.61 Å². The maximum Gasteiger partial charge on any atom is 0.126 e. The summed E-state index contributed by atoms with van der Waals surface area (Å²) >= 11 is 0. The van der Waals surface area contributed by atoms with E-state index < -0.39 is 5.97 Å². The molecule has 1 unspecified atom stereocenters. The Morgan fingerprint density at radius 3 is 2.30 bits per heavy atom. The summed E-state index contributed by atoms with van der Waals surface area (Å²) < 4.78 is 17.8. The SMILES string of the molecule is Cc1cc(OCc2ccccc2)cc(C)c1-c1cccc(COc2ccc3c(c2)OCC3CC(=O)[O-])c1. The van der Waals surface area contributed by atoms with Crippen LogP contribution in [0.15, 0.2) is 84.9 Å². The van der Waals surface area contributed by atoms with Crippen LogP contribution in [0.3, 0.4) is 0 Å². The molecule has 5 nitrogen and oxygen atoms in total. The predicted molar refractivity (Wildman–Crippen MR) is 141 cm³/mol. The number of hydrogen-bond donors (Lipinski definition) is 0. The zero-order valence-corrected chi connectivity index (χ0v) is 21.0. The number of aliphatic carboxylic acids is 1. The first kappa shape index (κ1) is 24.4. The third kappa shape index (κ3) is 5.78. The highest BCUT2D eigenvalue weighted by atomic mass is 16.5. The first-order chi connectivity index (χ1) is 18.0. The van der Waals surface area contributed by atoms with E-state index in [9.17, 15) is 9.90 Å². The summed E-state index contributed by atoms with van der Waals surface area (Å²) in [6.07, 6.45) is -0.0427. The summed E-state index contributed by atoms with van der Waals surface area (Å²) in [5.41, 5.74) is 7.72. The third-order valence-electron chi connectivity index (χ3n) is 6.65. The molecule has 0 bridgehead atoms. The standard InChI is InChI=1S/C32H30O5/c1-21-13-28(36-18-23-7-4-3-5-8-23)14-22(2)32(21)25-10-6-9-24(15-25)19-35-27-11-12-29-26(16-31(33)34)20-37-30(29)17-27/h3-15,17,26H,16,18-20H2,1-2H3,(H,33,34)/p-1. The number of ether oxygens (including phenoxy) is 3. The molecule has 188 valence electrons. The van der Waals surface area contributed by atoms with Crippen molar-refractivity contribution in [2.24, 2.45) is 0 Å². The summed E-state index contributed by atoms with van der Waals surface area (Å²) in [5.74, 6) is 0.987. The maximum absolute atomic E-state index is 11.0. The zero-order chi connectivity index (χ0) is 25.8. The highest BCUT2D eigenvalue weighted by molar-refractivity contribution is 5.72. The quantitative estimate of drug-likeness (QED) is 0.297. The van der Waals surface area contributed by atoms with E-state index in [-0.39, 0.29) is 12.3 Å². The lowest BCUT2D eigenvalue weighted by Crippen LogP contribution is -2.24. The number of aryl methyl sites for hydroxylation is 2. The normalized spacial score (nSPS) is 14.1. The Balaban J connectivity index is 1.27. The van der Waals surface area contributed by atoms with Gasteiger partial charge in [-0.15, -0.1) is 0 Å². The Hall–Kier alpha value is -4.25. The van der Waals surface area contributed by atoms with Crippen LogP contribution in [0.4, 0.5) is 0 Å². The highest BCUT2D eigenvalue weighted by Gasteiger charge is 2.24. The topological polar surface area (TPSA) is 67.8 Å². The largest absolute Gasteiger partial charge is 0.550 e. The molecule has 4 aromatic rings. The molecule has 1 aliphatic rings. The molecule has 4 aromatic carbocycles. The van der Waals surface area contributed by atoms with Crippen LogP contribution in [-0.4, -0.2) is 12.6 Å². The van der Waals surface area contributed by atoms with Crippen LogP contribution in [0.2, 0.25) is 0 Å². The van der Waals surface area contributed by atoms with Gasteiger partial charge in [-0.1, -0.05) is 54.6 Å². The van der Waals surface area contributed by atoms with E-state index in [2.05, 4.69) is 50.2 Å². The molecule has 0 aliphatic carbocycles. The molecular weight excluding hydrogens is 464 g/mol. The molecule has 0 N–H and O–H groups in total. The van der Waals surface area contributed by atoms with Crippen LogP contribution in [0.1, 0.15) is 40.2 Å². The van der Waals surface area contributed by atoms with Gasteiger partial charge in [0.15, 0.2) is 0 Å². The van der Waals surface area contributed by atoms with Gasteiger partial charge in [-0.2, -0.15) is 0 Å². The number of hydrogen-bond acceptors (Lipinski definition) is 5. The van der Waals surface area contributed by atoms with Crippen LogP contribution in [-0.2, 0) is 18.0 Å². The first-order valence-corrected chi connectivity index (χ1v) is 12.4. The van der Waals surface area contributed by atoms with E-state index in [0.717, 1.165) is 39.1 Å². The van der Waals surface area contributed by atoms with Crippen molar-refractivity contribution in [3.63, 3.8) is 0 Å². The van der Waals surface area contributed by atoms with E-state index in [1.807, 2.05) is 48.5 Å². The predicted octanol–water partition coefficient (Wildman–Crippen LogP) is 5.74. The number of rotatable bonds is 9. The van der Waals surface area contributed by atoms with E-state index in [4.69, 9.17) is 14.2 Å². The molecule has 5 heteroatoms. The van der Waals surface area contributed by atoms with Crippen molar-refractivity contribution in [1.29, 1.82) is 0 Å². The fourth-order valence-electron chi connectivity index (χ4n) is 4.90. The van der Waals surface area contributed by atoms with Gasteiger partial charge in [-0.05, 0) is 77.9 Å². The van der Waals surface area contributed by atoms with Crippen LogP contribution < -0.4 is 19.3 Å². The summed E-state index contributed by atoms with van der Waals surface area (Å²) in [6, 6.07) is 28.3. The molecule has 5 rings (SSSR count). The molecule has 0 spiro atoms. The Morgan fingerprint density at radius 1 is 0.838 bits per heavy atom. The summed E-state index contributed by atoms with van der Waals surface area (Å²) in [5, 5.41) is 11.0. The Bertz CT molecular complexity index is 1390. The van der Waals surface area contributed by atoms with Crippen LogP contribution in [0, 0.1) is 13.8 Å². The van der Waals surface area contributed by atoms with Gasteiger partial charge in [0, 0.05) is 23.5 Å². The second kappa shape index (κ2) is 10.8. The fraction of sp³-hybridized carbons (Fsp3) is 0.219. The van der Waals surface area contributed by atoms with E-state index in [1.165, 1.54) is 5.56 Å². The van der Waals surface area contributed by atoms with Crippen molar-refractivity contribution in [2.45, 2.75) is 39.4 Å². The number of carboxylic acid groups (broad SMARTS) is 1. The van der Waals surface area contributed by atoms with Crippen molar-refractivity contribution in [1.82, 2.24) is 0 Å². The fourth-order valence-corrected chi connectivity index (χ4v) is 4.90. The number of benzene rings is 4. The van der Waals surface area contributed by atoms with E-state index in [1.54, 1.807) is 0 Å². The van der Waals surface area contributed by atoms with Crippen molar-refractivity contribution in [2.75, 3.05) is 6.61 Å². The molecule has 0 radical (unpaired) electrons. The average molecular weight is 494 g/mol. The lowest BCUT2D eigenvalue weighted by atomic mass is 9.94. The van der Waals surface area contributed by atoms with Crippen molar-refractivity contribution in [3.8, 4) is 28.4 Å². The lowest BCUT2D eigenvalue weighted by molar-refractivity contribution is -0.306. The van der Waals surface area contributed by atoms with Crippen LogP contribution >= 0.6 is 0 Å². The summed E-state index contributed by atoms with van der Waals surface area (Å²) in [4.78, 5) is 11.0. The maximum atomic E-state index is 11.0. The van der Waals surface area contributed by atoms with E-state index >= 15 is 0 Å². The third-order valence-corrected chi connectivity index (χ3v) is 6.65. The molecule has 0 saturated carbocycles. The van der Waals surface area contributed by atoms with Crippen LogP contribution in [0.5, 0.6) is 17.2 Å². The number of carboxylic acids is 1. The van der Waals surface area contributed by atoms with Crippen molar-refractivity contribution < 1.29 is 24.1 Å². The number of fused-ring (bicyclic) bond motifs is 1. The number of carbonyl (C=O) groups is 1. The van der Waals surface area contributed by atoms with E-state index in [0.29, 0.717) is 31.3 Å². The molecule has 1 aliphatic heterocycles. The summed E-state index contributed by atoms with van der Waals surface area (Å²) in [6.45, 7) is 5.52. The zero-order valence-electron chi connectivity index (χ0n) is 21.0. The Labute approximate surface area is 217 Å². The van der Waals surface area contributed by atoms with Crippen molar-refractivity contribution in [3.05, 3.63) is 113 Å². The second-order valence-electron chi connectivity index (χ2n) is 9.48. The molecule has 0 fully saturated rings. The second-order valence-corrected chi connectivity index (χ2v) is 9.48. The Morgan fingerprint density at radius 2 is 1.54 bits per heavy atom. The lowest BCUT2D eigenvalue weighted by Gasteiger charge is -2.15. The average Bonchev–Trinajstić information content (AvgIpc) is 3.28. The molecule has 0 amide bonds. The molecule has 0 aromatic heterocycles. The smallest absolute Gasteiger partial charge is 0.126 e. The van der Waals surface area contributed by atoms with Crippen molar-refractivity contribution >= 4 is 5.97 Å². The van der Waals surface area contributed by atoms with Gasteiger partial charge < -0.3 is 24.1 Å². The molecule has 1 atom stereocenters. The van der Waals surface area contributed by atoms with Gasteiger partial charge in [-0.3, -0.25) is 0 Å². The molecule has 0 saturated heterocycles. The molecular formula is C32H29O5-. The van der Waals surface area contributed by atoms with Gasteiger partial charge in [0.25, 0.3) is 0 Å². The highest BCUT2D eigenvalue weighted by Crippen LogP contribution is 2.38. The minimum Gasteiger partial charge on any atom is -0.550 e. The number of carbonyl (C=O) groups excluding carboxylic acids is 1. The molecule has 1 heterocycles. The minimum absolute atomic E-state index is 0.0427. The minimum atomic E-state index is -1.07. The monoisotopic (exact) mass is 493 g/mol. The van der Waals surface area contributed by atoms with Gasteiger partial charge in [0.1, 0.15) is 30.5 Å². The van der Waals surface area contributed by atoms with Gasteiger partial charge >= 0.3 is 0 Å². The first-order valence-electron chi connectivity index (χ1n) is 12.4. The van der Waals surface area contributed by atoms with Gasteiger partial charge in [0.2, 0.25) is 0 Å².